The molecule has 0 radical (unpaired) electrons. The van der Waals surface area contributed by atoms with Crippen LogP contribution in [0.4, 0.5) is 0 Å². The Morgan fingerprint density at radius 3 is 1.97 bits per heavy atom. The second-order valence-electron chi connectivity index (χ2n) is 6.29. The van der Waals surface area contributed by atoms with E-state index in [0.29, 0.717) is 0 Å². The number of carbonyl (C=O) groups excluding carboxylic acids is 2. The average molecular weight is 409 g/mol. The van der Waals surface area contributed by atoms with Crippen LogP contribution in [0, 0.1) is 0 Å². The van der Waals surface area contributed by atoms with Crippen LogP contribution in [0.15, 0.2) is 30.3 Å². The number of benzene rings is 1. The van der Waals surface area contributed by atoms with Crippen molar-refractivity contribution in [2.75, 3.05) is 0 Å². The van der Waals surface area contributed by atoms with Gasteiger partial charge in [0.05, 0.1) is 12.5 Å². The van der Waals surface area contributed by atoms with E-state index < -0.39 is 67.1 Å². The van der Waals surface area contributed by atoms with Crippen molar-refractivity contribution in [3.05, 3.63) is 35.9 Å². The fraction of sp³-hybridized carbons (Fsp3) is 0.389. The zero-order valence-corrected chi connectivity index (χ0v) is 15.4. The molecule has 158 valence electrons. The highest BCUT2D eigenvalue weighted by Gasteiger charge is 2.29. The van der Waals surface area contributed by atoms with E-state index in [0.717, 1.165) is 5.56 Å². The van der Waals surface area contributed by atoms with Crippen molar-refractivity contribution >= 4 is 29.7 Å². The molecule has 11 heteroatoms. The third-order valence-electron chi connectivity index (χ3n) is 3.91. The summed E-state index contributed by atoms with van der Waals surface area (Å²) in [5, 5.41) is 31.0. The standard InChI is InChI=1S/C18H23N3O8/c19-11(8-10-4-2-1-3-5-10)16(26)21-13(9-15(24)25)17(27)20-12(18(28)29)6-7-14(22)23/h1-5,11-13H,6-9,19H2,(H,20,27)(H,21,26)(H,22,23)(H,24,25)(H,28,29)/t11-,12-,13-/m0/s1. The van der Waals surface area contributed by atoms with Crippen LogP contribution < -0.4 is 16.4 Å². The van der Waals surface area contributed by atoms with Gasteiger partial charge in [-0.2, -0.15) is 0 Å². The van der Waals surface area contributed by atoms with E-state index in [2.05, 4.69) is 10.6 Å². The van der Waals surface area contributed by atoms with Gasteiger partial charge in [0, 0.05) is 6.42 Å². The maximum Gasteiger partial charge on any atom is 0.326 e. The Labute approximate surface area is 165 Å². The minimum atomic E-state index is -1.58. The highest BCUT2D eigenvalue weighted by atomic mass is 16.4. The molecule has 2 amide bonds. The summed E-state index contributed by atoms with van der Waals surface area (Å²) in [6.07, 6.45) is -1.59. The summed E-state index contributed by atoms with van der Waals surface area (Å²) in [6.45, 7) is 0. The van der Waals surface area contributed by atoms with Crippen molar-refractivity contribution in [1.29, 1.82) is 0 Å². The van der Waals surface area contributed by atoms with Crippen LogP contribution in [-0.2, 0) is 30.4 Å². The van der Waals surface area contributed by atoms with Gasteiger partial charge in [-0.25, -0.2) is 4.79 Å². The van der Waals surface area contributed by atoms with Gasteiger partial charge < -0.3 is 31.7 Å². The van der Waals surface area contributed by atoms with Crippen molar-refractivity contribution < 1.29 is 39.3 Å². The highest BCUT2D eigenvalue weighted by molar-refractivity contribution is 5.94. The van der Waals surface area contributed by atoms with Crippen LogP contribution in [0.25, 0.3) is 0 Å². The van der Waals surface area contributed by atoms with Crippen LogP contribution in [0.2, 0.25) is 0 Å². The average Bonchev–Trinajstić information content (AvgIpc) is 2.64. The van der Waals surface area contributed by atoms with Crippen molar-refractivity contribution in [1.82, 2.24) is 10.6 Å². The molecule has 7 N–H and O–H groups in total. The minimum Gasteiger partial charge on any atom is -0.481 e. The fourth-order valence-electron chi connectivity index (χ4n) is 2.42. The minimum absolute atomic E-state index is 0.143. The Kier molecular flexibility index (Phi) is 9.26. The first kappa shape index (κ1) is 23.6. The summed E-state index contributed by atoms with van der Waals surface area (Å²) in [5.74, 6) is -5.99. The van der Waals surface area contributed by atoms with Crippen molar-refractivity contribution in [3.63, 3.8) is 0 Å². The van der Waals surface area contributed by atoms with Crippen molar-refractivity contribution in [3.8, 4) is 0 Å². The predicted octanol–water partition coefficient (Wildman–Crippen LogP) is -1.05. The van der Waals surface area contributed by atoms with Gasteiger partial charge in [-0.3, -0.25) is 19.2 Å². The third-order valence-corrected chi connectivity index (χ3v) is 3.91. The molecule has 11 nitrogen and oxygen atoms in total. The molecule has 1 aromatic rings. The van der Waals surface area contributed by atoms with Gasteiger partial charge >= 0.3 is 17.9 Å². The van der Waals surface area contributed by atoms with Crippen molar-refractivity contribution in [2.45, 2.75) is 43.8 Å². The lowest BCUT2D eigenvalue weighted by Crippen LogP contribution is -2.55. The first-order chi connectivity index (χ1) is 13.6. The molecule has 3 atom stereocenters. The van der Waals surface area contributed by atoms with Crippen LogP contribution in [0.3, 0.4) is 0 Å². The summed E-state index contributed by atoms with van der Waals surface area (Å²) in [5.41, 5.74) is 6.57. The molecule has 0 saturated carbocycles. The highest BCUT2D eigenvalue weighted by Crippen LogP contribution is 2.04. The van der Waals surface area contributed by atoms with Crippen molar-refractivity contribution in [2.24, 2.45) is 5.73 Å². The molecule has 1 aromatic carbocycles. The van der Waals surface area contributed by atoms with Crippen LogP contribution in [0.1, 0.15) is 24.8 Å². The predicted molar refractivity (Wildman–Crippen MR) is 98.7 cm³/mol. The summed E-state index contributed by atoms with van der Waals surface area (Å²) in [4.78, 5) is 57.4. The zero-order valence-electron chi connectivity index (χ0n) is 15.4. The van der Waals surface area contributed by atoms with Gasteiger partial charge in [0.25, 0.3) is 0 Å². The number of rotatable bonds is 12. The van der Waals surface area contributed by atoms with E-state index in [-0.39, 0.29) is 6.42 Å². The number of carboxylic acids is 3. The molecule has 0 saturated heterocycles. The first-order valence-corrected chi connectivity index (χ1v) is 8.66. The largest absolute Gasteiger partial charge is 0.481 e. The van der Waals surface area contributed by atoms with Gasteiger partial charge in [0.15, 0.2) is 0 Å². The van der Waals surface area contributed by atoms with E-state index >= 15 is 0 Å². The number of hydrogen-bond donors (Lipinski definition) is 6. The fourth-order valence-corrected chi connectivity index (χ4v) is 2.42. The van der Waals surface area contributed by atoms with E-state index in [1.165, 1.54) is 0 Å². The van der Waals surface area contributed by atoms with Crippen LogP contribution >= 0.6 is 0 Å². The lowest BCUT2D eigenvalue weighted by molar-refractivity contribution is -0.144. The monoisotopic (exact) mass is 409 g/mol. The Morgan fingerprint density at radius 2 is 1.45 bits per heavy atom. The molecular weight excluding hydrogens is 386 g/mol. The van der Waals surface area contributed by atoms with E-state index in [1.54, 1.807) is 30.3 Å². The van der Waals surface area contributed by atoms with E-state index in [4.69, 9.17) is 21.1 Å². The number of aliphatic carboxylic acids is 3. The second kappa shape index (κ2) is 11.4. The Hall–Kier alpha value is -3.47. The molecule has 1 rings (SSSR count). The molecule has 0 unspecified atom stereocenters. The molecule has 29 heavy (non-hydrogen) atoms. The lowest BCUT2D eigenvalue weighted by atomic mass is 10.0. The molecular formula is C18H23N3O8. The topological polar surface area (TPSA) is 196 Å². The lowest BCUT2D eigenvalue weighted by Gasteiger charge is -2.21. The maximum atomic E-state index is 12.3. The molecule has 0 spiro atoms. The quantitative estimate of drug-likeness (QED) is 0.249. The third kappa shape index (κ3) is 8.84. The van der Waals surface area contributed by atoms with Gasteiger partial charge in [-0.05, 0) is 18.4 Å². The van der Waals surface area contributed by atoms with Gasteiger partial charge in [-0.1, -0.05) is 30.3 Å². The summed E-state index contributed by atoms with van der Waals surface area (Å²) in [6, 6.07) is 4.59. The summed E-state index contributed by atoms with van der Waals surface area (Å²) < 4.78 is 0. The van der Waals surface area contributed by atoms with Gasteiger partial charge in [-0.15, -0.1) is 0 Å². The number of hydrogen-bond acceptors (Lipinski definition) is 6. The number of carbonyl (C=O) groups is 5. The number of carboxylic acid groups (broad SMARTS) is 3. The SMILES string of the molecule is N[C@@H](Cc1ccccc1)C(=O)N[C@@H](CC(=O)O)C(=O)N[C@@H](CCC(=O)O)C(=O)O. The summed E-state index contributed by atoms with van der Waals surface area (Å²) in [7, 11) is 0. The van der Waals surface area contributed by atoms with E-state index in [9.17, 15) is 24.0 Å². The smallest absolute Gasteiger partial charge is 0.326 e. The molecule has 0 fully saturated rings. The Balaban J connectivity index is 2.79. The molecule has 0 aliphatic rings. The number of nitrogens with one attached hydrogen (secondary N) is 2. The molecule has 0 aliphatic carbocycles. The molecule has 0 aliphatic heterocycles. The van der Waals surface area contributed by atoms with Gasteiger partial charge in [0.1, 0.15) is 12.1 Å². The van der Waals surface area contributed by atoms with Crippen LogP contribution in [-0.4, -0.2) is 63.2 Å². The molecule has 0 bridgehead atoms. The zero-order chi connectivity index (χ0) is 22.0. The van der Waals surface area contributed by atoms with Gasteiger partial charge in [0.2, 0.25) is 11.8 Å². The normalized spacial score (nSPS) is 13.6. The first-order valence-electron chi connectivity index (χ1n) is 8.66. The Morgan fingerprint density at radius 1 is 0.862 bits per heavy atom. The molecule has 0 aromatic heterocycles. The van der Waals surface area contributed by atoms with Crippen LogP contribution in [0.5, 0.6) is 0 Å². The summed E-state index contributed by atoms with van der Waals surface area (Å²) >= 11 is 0. The Bertz CT molecular complexity index is 753. The maximum absolute atomic E-state index is 12.3. The molecule has 0 heterocycles. The second-order valence-corrected chi connectivity index (χ2v) is 6.29. The van der Waals surface area contributed by atoms with E-state index in [1.807, 2.05) is 0 Å². The number of nitrogens with two attached hydrogens (primary N) is 1. The number of amides is 2.